The molecule has 37 heavy (non-hydrogen) atoms. The molecule has 212 valence electrons. The molecule has 0 aliphatic rings. The first kappa shape index (κ1) is 33.6. The topological polar surface area (TPSA) is 258 Å². The molecule has 0 bridgehead atoms. The summed E-state index contributed by atoms with van der Waals surface area (Å²) in [7, 11) is 0. The van der Waals surface area contributed by atoms with Crippen molar-refractivity contribution >= 4 is 35.6 Å². The molecule has 5 atom stereocenters. The molecule has 0 fully saturated rings. The normalized spacial score (nSPS) is 15.0. The van der Waals surface area contributed by atoms with Crippen LogP contribution in [0.1, 0.15) is 66.2 Å². The van der Waals surface area contributed by atoms with Crippen LogP contribution in [-0.2, 0) is 24.0 Å². The smallest absolute Gasteiger partial charge is 0.326 e. The minimum atomic E-state index is -1.21. The number of hydrogen-bond acceptors (Lipinski definition) is 7. The van der Waals surface area contributed by atoms with E-state index in [1.54, 1.807) is 6.92 Å². The van der Waals surface area contributed by atoms with Gasteiger partial charge >= 0.3 is 5.97 Å². The van der Waals surface area contributed by atoms with E-state index in [9.17, 15) is 29.1 Å². The number of aliphatic imine (C=N–C) groups is 1. The Bertz CT molecular complexity index is 815. The molecule has 4 amide bonds. The van der Waals surface area contributed by atoms with Crippen LogP contribution in [0.5, 0.6) is 0 Å². The number of carboxylic acid groups (broad SMARTS) is 1. The predicted molar refractivity (Wildman–Crippen MR) is 139 cm³/mol. The fourth-order valence-corrected chi connectivity index (χ4v) is 3.35. The number of guanidine groups is 1. The summed E-state index contributed by atoms with van der Waals surface area (Å²) < 4.78 is 0. The lowest BCUT2D eigenvalue weighted by atomic mass is 9.98. The number of hydrogen-bond donors (Lipinski definition) is 8. The van der Waals surface area contributed by atoms with Crippen molar-refractivity contribution in [1.82, 2.24) is 16.0 Å². The Balaban J connectivity index is 5.74. The maximum Gasteiger partial charge on any atom is 0.326 e. The molecule has 0 radical (unpaired) electrons. The predicted octanol–water partition coefficient (Wildman–Crippen LogP) is -1.74. The number of carboxylic acids is 1. The highest BCUT2D eigenvalue weighted by Crippen LogP contribution is 2.09. The van der Waals surface area contributed by atoms with Gasteiger partial charge in [0, 0.05) is 13.0 Å². The molecule has 12 N–H and O–H groups in total. The van der Waals surface area contributed by atoms with Crippen LogP contribution in [0.25, 0.3) is 0 Å². The number of nitrogens with two attached hydrogens (primary N) is 4. The van der Waals surface area contributed by atoms with Gasteiger partial charge in [0.25, 0.3) is 0 Å². The van der Waals surface area contributed by atoms with Gasteiger partial charge in [0.1, 0.15) is 18.1 Å². The number of rotatable bonds is 18. The Morgan fingerprint density at radius 3 is 1.81 bits per heavy atom. The molecule has 0 rings (SSSR count). The van der Waals surface area contributed by atoms with Gasteiger partial charge in [-0.25, -0.2) is 4.79 Å². The monoisotopic (exact) mass is 528 g/mol. The van der Waals surface area contributed by atoms with Crippen LogP contribution in [0, 0.1) is 11.8 Å². The van der Waals surface area contributed by atoms with Gasteiger partial charge in [-0.3, -0.25) is 24.2 Å². The number of carbonyl (C=O) groups excluding carboxylic acids is 4. The van der Waals surface area contributed by atoms with Gasteiger partial charge in [-0.05, 0) is 37.5 Å². The Morgan fingerprint density at radius 1 is 0.838 bits per heavy atom. The number of primary amides is 1. The third kappa shape index (κ3) is 14.0. The fourth-order valence-electron chi connectivity index (χ4n) is 3.35. The molecule has 0 saturated heterocycles. The van der Waals surface area contributed by atoms with E-state index in [2.05, 4.69) is 20.9 Å². The van der Waals surface area contributed by atoms with Crippen LogP contribution in [0.15, 0.2) is 4.99 Å². The highest BCUT2D eigenvalue weighted by atomic mass is 16.4. The van der Waals surface area contributed by atoms with E-state index < -0.39 is 53.8 Å². The van der Waals surface area contributed by atoms with E-state index in [0.717, 1.165) is 0 Å². The zero-order valence-corrected chi connectivity index (χ0v) is 22.2. The summed E-state index contributed by atoms with van der Waals surface area (Å²) in [5.74, 6) is -4.26. The lowest BCUT2D eigenvalue weighted by Crippen LogP contribution is -2.57. The lowest BCUT2D eigenvalue weighted by molar-refractivity contribution is -0.142. The summed E-state index contributed by atoms with van der Waals surface area (Å²) >= 11 is 0. The third-order valence-corrected chi connectivity index (χ3v) is 5.77. The molecule has 5 unspecified atom stereocenters. The van der Waals surface area contributed by atoms with Crippen molar-refractivity contribution < 1.29 is 29.1 Å². The minimum absolute atomic E-state index is 0.0144. The molecular weight excluding hydrogens is 484 g/mol. The number of nitrogens with zero attached hydrogens (tertiary/aromatic N) is 1. The highest BCUT2D eigenvalue weighted by Gasteiger charge is 2.31. The minimum Gasteiger partial charge on any atom is -0.480 e. The molecule has 14 nitrogen and oxygen atoms in total. The van der Waals surface area contributed by atoms with E-state index in [4.69, 9.17) is 22.9 Å². The molecule has 0 aromatic carbocycles. The fraction of sp³-hybridized carbons (Fsp3) is 0.739. The van der Waals surface area contributed by atoms with Crippen LogP contribution in [0.2, 0.25) is 0 Å². The van der Waals surface area contributed by atoms with Crippen LogP contribution in [0.3, 0.4) is 0 Å². The van der Waals surface area contributed by atoms with E-state index in [-0.39, 0.29) is 56.4 Å². The van der Waals surface area contributed by atoms with Crippen LogP contribution < -0.4 is 38.9 Å². The summed E-state index contributed by atoms with van der Waals surface area (Å²) in [6.45, 7) is 7.45. The molecule has 0 aliphatic heterocycles. The van der Waals surface area contributed by atoms with E-state index in [1.165, 1.54) is 0 Å². The quantitative estimate of drug-likeness (QED) is 0.0569. The molecule has 0 spiro atoms. The van der Waals surface area contributed by atoms with Crippen molar-refractivity contribution in [2.45, 2.75) is 90.4 Å². The second-order valence-electron chi connectivity index (χ2n) is 9.52. The average molecular weight is 529 g/mol. The van der Waals surface area contributed by atoms with E-state index in [0.29, 0.717) is 6.42 Å². The van der Waals surface area contributed by atoms with Crippen LogP contribution in [0.4, 0.5) is 0 Å². The van der Waals surface area contributed by atoms with Gasteiger partial charge in [-0.2, -0.15) is 0 Å². The Kier molecular flexibility index (Phi) is 15.5. The summed E-state index contributed by atoms with van der Waals surface area (Å²) in [6, 6.07) is -4.41. The van der Waals surface area contributed by atoms with Gasteiger partial charge in [-0.15, -0.1) is 0 Å². The molecule has 0 aliphatic carbocycles. The number of aliphatic carboxylic acids is 1. The van der Waals surface area contributed by atoms with Crippen molar-refractivity contribution in [2.75, 3.05) is 6.54 Å². The van der Waals surface area contributed by atoms with Gasteiger partial charge in [0.2, 0.25) is 23.6 Å². The van der Waals surface area contributed by atoms with E-state index in [1.807, 2.05) is 20.8 Å². The van der Waals surface area contributed by atoms with Gasteiger partial charge in [0.15, 0.2) is 5.96 Å². The average Bonchev–Trinajstić information content (AvgIpc) is 2.80. The first-order valence-corrected chi connectivity index (χ1v) is 12.4. The van der Waals surface area contributed by atoms with Gasteiger partial charge in [0.05, 0.1) is 6.04 Å². The first-order valence-electron chi connectivity index (χ1n) is 12.4. The van der Waals surface area contributed by atoms with Gasteiger partial charge in [-0.1, -0.05) is 34.1 Å². The molecule has 0 heterocycles. The number of nitrogens with one attached hydrogen (secondary N) is 3. The zero-order chi connectivity index (χ0) is 28.7. The summed E-state index contributed by atoms with van der Waals surface area (Å²) in [5, 5.41) is 17.0. The Hall–Kier alpha value is -3.42. The van der Waals surface area contributed by atoms with Crippen molar-refractivity contribution in [3.8, 4) is 0 Å². The van der Waals surface area contributed by atoms with E-state index >= 15 is 0 Å². The molecular formula is C23H44N8O6. The maximum atomic E-state index is 13.1. The summed E-state index contributed by atoms with van der Waals surface area (Å²) in [5.41, 5.74) is 21.8. The molecule has 0 aromatic heterocycles. The van der Waals surface area contributed by atoms with Crippen molar-refractivity contribution in [3.63, 3.8) is 0 Å². The molecule has 14 heteroatoms. The third-order valence-electron chi connectivity index (χ3n) is 5.77. The maximum absolute atomic E-state index is 13.1. The van der Waals surface area contributed by atoms with Gasteiger partial charge < -0.3 is 44.0 Å². The largest absolute Gasteiger partial charge is 0.480 e. The summed E-state index contributed by atoms with van der Waals surface area (Å²) in [4.78, 5) is 65.5. The Labute approximate surface area is 217 Å². The van der Waals surface area contributed by atoms with Crippen molar-refractivity contribution in [1.29, 1.82) is 0 Å². The summed E-state index contributed by atoms with van der Waals surface area (Å²) in [6.07, 6.45) is 0.856. The number of carbonyl (C=O) groups is 5. The Morgan fingerprint density at radius 2 is 1.35 bits per heavy atom. The standard InChI is InChI=1S/C23H44N8O6/c1-5-13(4)18(25)21(35)30-15(8-9-17(24)32)20(34)29-14(7-6-10-28-23(26)27)19(33)31-16(22(36)37)11-12(2)3/h12-16,18H,5-11,25H2,1-4H3,(H2,24,32)(H,29,34)(H,30,35)(H,31,33)(H,36,37)(H4,26,27,28). The first-order chi connectivity index (χ1) is 17.2. The lowest BCUT2D eigenvalue weighted by Gasteiger charge is -2.26. The highest BCUT2D eigenvalue weighted by molar-refractivity contribution is 5.94. The molecule has 0 saturated carbocycles. The second kappa shape index (κ2) is 17.1. The molecule has 0 aromatic rings. The van der Waals surface area contributed by atoms with Crippen LogP contribution in [-0.4, -0.2) is 71.4 Å². The van der Waals surface area contributed by atoms with Crippen molar-refractivity contribution in [2.24, 2.45) is 39.8 Å². The SMILES string of the molecule is CCC(C)C(N)C(=O)NC(CCC(N)=O)C(=O)NC(CCCN=C(N)N)C(=O)NC(CC(C)C)C(=O)O. The number of amides is 4. The zero-order valence-electron chi connectivity index (χ0n) is 22.2. The second-order valence-corrected chi connectivity index (χ2v) is 9.52. The van der Waals surface area contributed by atoms with Crippen LogP contribution >= 0.6 is 0 Å². The van der Waals surface area contributed by atoms with Crippen molar-refractivity contribution in [3.05, 3.63) is 0 Å².